The summed E-state index contributed by atoms with van der Waals surface area (Å²) in [5.41, 5.74) is -0.735. The zero-order valence-corrected chi connectivity index (χ0v) is 12.2. The molecule has 6 heteroatoms. The summed E-state index contributed by atoms with van der Waals surface area (Å²) in [6.07, 6.45) is 5.22. The molecule has 21 heavy (non-hydrogen) atoms. The molecule has 2 aliphatic heterocycles. The maximum atomic E-state index is 12.5. The molecule has 2 saturated heterocycles. The lowest BCUT2D eigenvalue weighted by Crippen LogP contribution is -2.48. The van der Waals surface area contributed by atoms with Crippen LogP contribution in [0.1, 0.15) is 44.9 Å². The van der Waals surface area contributed by atoms with E-state index in [0.29, 0.717) is 32.4 Å². The van der Waals surface area contributed by atoms with Gasteiger partial charge >= 0.3 is 5.97 Å². The van der Waals surface area contributed by atoms with Gasteiger partial charge in [-0.15, -0.1) is 0 Å². The van der Waals surface area contributed by atoms with Crippen LogP contribution in [0.5, 0.6) is 0 Å². The summed E-state index contributed by atoms with van der Waals surface area (Å²) in [5.74, 6) is -0.806. The monoisotopic (exact) mass is 294 g/mol. The smallest absolute Gasteiger partial charge is 0.311 e. The van der Waals surface area contributed by atoms with Gasteiger partial charge in [0.15, 0.2) is 0 Å². The molecule has 6 nitrogen and oxygen atoms in total. The number of rotatable bonds is 3. The van der Waals surface area contributed by atoms with Crippen molar-refractivity contribution in [2.24, 2.45) is 5.41 Å². The molecule has 0 aromatic carbocycles. The van der Waals surface area contributed by atoms with Crippen LogP contribution < -0.4 is 0 Å². The van der Waals surface area contributed by atoms with Gasteiger partial charge in [0.1, 0.15) is 0 Å². The van der Waals surface area contributed by atoms with Crippen LogP contribution in [0.25, 0.3) is 0 Å². The molecule has 0 radical (unpaired) electrons. The second-order valence-corrected chi connectivity index (χ2v) is 6.48. The first-order valence-corrected chi connectivity index (χ1v) is 7.85. The molecule has 3 rings (SSSR count). The number of piperidine rings is 1. The predicted octanol–water partition coefficient (Wildman–Crippen LogP) is 0.855. The van der Waals surface area contributed by atoms with Gasteiger partial charge in [-0.1, -0.05) is 6.42 Å². The lowest BCUT2D eigenvalue weighted by atomic mass is 9.82. The van der Waals surface area contributed by atoms with Crippen molar-refractivity contribution >= 4 is 17.8 Å². The Morgan fingerprint density at radius 3 is 2.71 bits per heavy atom. The van der Waals surface area contributed by atoms with Crippen molar-refractivity contribution in [3.63, 3.8) is 0 Å². The van der Waals surface area contributed by atoms with Gasteiger partial charge in [-0.3, -0.25) is 14.4 Å². The number of aliphatic carboxylic acids is 1. The first-order chi connectivity index (χ1) is 10.0. The van der Waals surface area contributed by atoms with Crippen LogP contribution >= 0.6 is 0 Å². The Morgan fingerprint density at radius 2 is 2.00 bits per heavy atom. The Balaban J connectivity index is 1.68. The van der Waals surface area contributed by atoms with Gasteiger partial charge in [-0.25, -0.2) is 0 Å². The highest BCUT2D eigenvalue weighted by Gasteiger charge is 2.56. The minimum absolute atomic E-state index is 0.0460. The Morgan fingerprint density at radius 1 is 1.19 bits per heavy atom. The van der Waals surface area contributed by atoms with E-state index < -0.39 is 11.4 Å². The van der Waals surface area contributed by atoms with Gasteiger partial charge < -0.3 is 14.9 Å². The number of carboxylic acid groups (broad SMARTS) is 1. The number of carbonyl (C=O) groups is 3. The highest BCUT2D eigenvalue weighted by molar-refractivity contribution is 5.87. The van der Waals surface area contributed by atoms with E-state index in [0.717, 1.165) is 25.7 Å². The number of likely N-dealkylation sites (tertiary alicyclic amines) is 2. The highest BCUT2D eigenvalue weighted by atomic mass is 16.4. The third kappa shape index (κ3) is 2.30. The van der Waals surface area contributed by atoms with E-state index in [1.807, 2.05) is 0 Å². The van der Waals surface area contributed by atoms with Gasteiger partial charge in [-0.2, -0.15) is 0 Å². The molecule has 2 amide bonds. The van der Waals surface area contributed by atoms with E-state index in [1.54, 1.807) is 9.80 Å². The SMILES string of the molecule is O=C1CCCCN1CC(=O)N1CC[C@@]2(C(=O)O)CCC[C@@H]12. The number of fused-ring (bicyclic) bond motifs is 1. The molecule has 0 aromatic heterocycles. The number of amides is 2. The second-order valence-electron chi connectivity index (χ2n) is 6.48. The van der Waals surface area contributed by atoms with Crippen LogP contribution in [0.15, 0.2) is 0 Å². The van der Waals surface area contributed by atoms with Crippen molar-refractivity contribution in [1.29, 1.82) is 0 Å². The van der Waals surface area contributed by atoms with Crippen molar-refractivity contribution in [1.82, 2.24) is 9.80 Å². The highest BCUT2D eigenvalue weighted by Crippen LogP contribution is 2.49. The number of nitrogens with zero attached hydrogens (tertiary/aromatic N) is 2. The molecule has 0 bridgehead atoms. The first-order valence-electron chi connectivity index (χ1n) is 7.85. The third-order valence-corrected chi connectivity index (χ3v) is 5.41. The molecule has 1 saturated carbocycles. The topological polar surface area (TPSA) is 77.9 Å². The summed E-state index contributed by atoms with van der Waals surface area (Å²) in [6, 6.07) is -0.178. The molecule has 3 fully saturated rings. The van der Waals surface area contributed by atoms with Crippen LogP contribution in [0.2, 0.25) is 0 Å². The fourth-order valence-corrected chi connectivity index (χ4v) is 4.21. The van der Waals surface area contributed by atoms with Gasteiger partial charge in [0.05, 0.1) is 12.0 Å². The van der Waals surface area contributed by atoms with E-state index in [1.165, 1.54) is 0 Å². The Labute approximate surface area is 124 Å². The second kappa shape index (κ2) is 5.31. The van der Waals surface area contributed by atoms with Crippen molar-refractivity contribution in [2.45, 2.75) is 51.0 Å². The molecule has 1 aliphatic carbocycles. The van der Waals surface area contributed by atoms with Crippen molar-refractivity contribution in [2.75, 3.05) is 19.6 Å². The molecule has 0 aromatic rings. The Kier molecular flexibility index (Phi) is 3.63. The fourth-order valence-electron chi connectivity index (χ4n) is 4.21. The van der Waals surface area contributed by atoms with E-state index in [4.69, 9.17) is 0 Å². The van der Waals surface area contributed by atoms with E-state index in [-0.39, 0.29) is 24.4 Å². The molecule has 0 unspecified atom stereocenters. The number of carbonyl (C=O) groups excluding carboxylic acids is 2. The van der Waals surface area contributed by atoms with Crippen LogP contribution in [0.4, 0.5) is 0 Å². The van der Waals surface area contributed by atoms with Crippen molar-refractivity contribution in [3.05, 3.63) is 0 Å². The molecule has 116 valence electrons. The summed E-state index contributed by atoms with van der Waals surface area (Å²) in [5, 5.41) is 9.53. The van der Waals surface area contributed by atoms with Crippen LogP contribution in [0, 0.1) is 5.41 Å². The largest absolute Gasteiger partial charge is 0.481 e. The quantitative estimate of drug-likeness (QED) is 0.837. The zero-order valence-electron chi connectivity index (χ0n) is 12.2. The first kappa shape index (κ1) is 14.4. The normalized spacial score (nSPS) is 32.4. The van der Waals surface area contributed by atoms with Gasteiger partial charge in [-0.05, 0) is 32.1 Å². The lowest BCUT2D eigenvalue weighted by molar-refractivity contribution is -0.151. The van der Waals surface area contributed by atoms with Gasteiger partial charge in [0.2, 0.25) is 11.8 Å². The molecule has 0 spiro atoms. The summed E-state index contributed by atoms with van der Waals surface area (Å²) < 4.78 is 0. The summed E-state index contributed by atoms with van der Waals surface area (Å²) in [4.78, 5) is 39.3. The molecule has 1 N–H and O–H groups in total. The van der Waals surface area contributed by atoms with E-state index >= 15 is 0 Å². The molecule has 2 atom stereocenters. The molecule has 2 heterocycles. The van der Waals surface area contributed by atoms with Crippen molar-refractivity contribution in [3.8, 4) is 0 Å². The summed E-state index contributed by atoms with van der Waals surface area (Å²) in [6.45, 7) is 1.27. The predicted molar refractivity (Wildman–Crippen MR) is 74.5 cm³/mol. The fraction of sp³-hybridized carbons (Fsp3) is 0.800. The van der Waals surface area contributed by atoms with Crippen LogP contribution in [-0.2, 0) is 14.4 Å². The van der Waals surface area contributed by atoms with Crippen LogP contribution in [0.3, 0.4) is 0 Å². The summed E-state index contributed by atoms with van der Waals surface area (Å²) >= 11 is 0. The van der Waals surface area contributed by atoms with Crippen LogP contribution in [-0.4, -0.2) is 58.4 Å². The molecule has 3 aliphatic rings. The standard InChI is InChI=1S/C15H22N2O4/c18-12-5-1-2-8-16(12)10-13(19)17-9-7-15(14(20)21)6-3-4-11(15)17/h11H,1-10H2,(H,20,21)/t11-,15+/m1/s1. The zero-order chi connectivity index (χ0) is 15.0. The minimum atomic E-state index is -0.769. The average molecular weight is 294 g/mol. The van der Waals surface area contributed by atoms with E-state index in [2.05, 4.69) is 0 Å². The lowest BCUT2D eigenvalue weighted by Gasteiger charge is -2.32. The van der Waals surface area contributed by atoms with Gasteiger partial charge in [0, 0.05) is 25.6 Å². The number of hydrogen-bond acceptors (Lipinski definition) is 3. The van der Waals surface area contributed by atoms with Crippen molar-refractivity contribution < 1.29 is 19.5 Å². The molecular formula is C15H22N2O4. The number of hydrogen-bond donors (Lipinski definition) is 1. The van der Waals surface area contributed by atoms with Gasteiger partial charge in [0.25, 0.3) is 0 Å². The minimum Gasteiger partial charge on any atom is -0.481 e. The maximum absolute atomic E-state index is 12.5. The Bertz CT molecular complexity index is 478. The van der Waals surface area contributed by atoms with E-state index in [9.17, 15) is 19.5 Å². The Hall–Kier alpha value is -1.59. The maximum Gasteiger partial charge on any atom is 0.311 e. The molecular weight excluding hydrogens is 272 g/mol. The third-order valence-electron chi connectivity index (χ3n) is 5.41. The number of carboxylic acids is 1. The summed E-state index contributed by atoms with van der Waals surface area (Å²) in [7, 11) is 0. The average Bonchev–Trinajstić information content (AvgIpc) is 3.00.